The van der Waals surface area contributed by atoms with Crippen molar-refractivity contribution < 1.29 is 30.0 Å². The highest BCUT2D eigenvalue weighted by Gasteiger charge is 2.76. The van der Waals surface area contributed by atoms with Crippen LogP contribution in [0.5, 0.6) is 0 Å². The predicted molar refractivity (Wildman–Crippen MR) is 136 cm³/mol. The average molecular weight is 503 g/mol. The quantitative estimate of drug-likeness (QED) is 0.403. The number of rotatable bonds is 4. The largest absolute Gasteiger partial charge is 0.481 e. The zero-order valence-corrected chi connectivity index (χ0v) is 22.7. The summed E-state index contributed by atoms with van der Waals surface area (Å²) in [5, 5.41) is 42.6. The number of carboxylic acid groups (broad SMARTS) is 2. The van der Waals surface area contributed by atoms with Crippen molar-refractivity contribution in [1.29, 1.82) is 0 Å². The van der Waals surface area contributed by atoms with Gasteiger partial charge >= 0.3 is 11.9 Å². The van der Waals surface area contributed by atoms with E-state index in [1.54, 1.807) is 0 Å². The zero-order chi connectivity index (χ0) is 26.6. The second-order valence-electron chi connectivity index (χ2n) is 14.4. The van der Waals surface area contributed by atoms with Gasteiger partial charge in [0.2, 0.25) is 0 Å². The SMILES string of the molecule is C=C(C)C1CCC2(C(=O)O)CCC3(C)C(CCC4C5(C)C(C(=O)O)C(O)C(C)(CO)C5CCC43C)C12. The van der Waals surface area contributed by atoms with E-state index in [1.165, 1.54) is 0 Å². The highest BCUT2D eigenvalue weighted by molar-refractivity contribution is 5.76. The molecular formula is C30H46O6. The first kappa shape index (κ1) is 26.2. The molecule has 5 aliphatic rings. The smallest absolute Gasteiger partial charge is 0.309 e. The van der Waals surface area contributed by atoms with Gasteiger partial charge in [-0.1, -0.05) is 39.8 Å². The topological polar surface area (TPSA) is 115 Å². The van der Waals surface area contributed by atoms with Crippen LogP contribution in [0, 0.1) is 62.6 Å². The van der Waals surface area contributed by atoms with E-state index in [-0.39, 0.29) is 47.0 Å². The van der Waals surface area contributed by atoms with Gasteiger partial charge in [0, 0.05) is 5.41 Å². The summed E-state index contributed by atoms with van der Waals surface area (Å²) in [6, 6.07) is 0. The third kappa shape index (κ3) is 2.76. The van der Waals surface area contributed by atoms with Gasteiger partial charge in [0.25, 0.3) is 0 Å². The fraction of sp³-hybridized carbons (Fsp3) is 0.867. The Morgan fingerprint density at radius 1 is 0.889 bits per heavy atom. The molecule has 12 unspecified atom stereocenters. The van der Waals surface area contributed by atoms with E-state index in [2.05, 4.69) is 34.3 Å². The van der Waals surface area contributed by atoms with Crippen LogP contribution in [0.4, 0.5) is 0 Å². The number of aliphatic hydroxyl groups is 2. The highest BCUT2D eigenvalue weighted by Crippen LogP contribution is 2.79. The number of hydrogen-bond acceptors (Lipinski definition) is 4. The lowest BCUT2D eigenvalue weighted by Gasteiger charge is -2.70. The van der Waals surface area contributed by atoms with E-state index in [1.807, 2.05) is 6.92 Å². The zero-order valence-electron chi connectivity index (χ0n) is 22.7. The number of fused-ring (bicyclic) bond motifs is 7. The van der Waals surface area contributed by atoms with Crippen LogP contribution in [0.15, 0.2) is 12.2 Å². The maximum absolute atomic E-state index is 12.8. The highest BCUT2D eigenvalue weighted by atomic mass is 16.4. The third-order valence-electron chi connectivity index (χ3n) is 13.7. The summed E-state index contributed by atoms with van der Waals surface area (Å²) >= 11 is 0. The first-order valence-corrected chi connectivity index (χ1v) is 14.1. The molecule has 5 aliphatic carbocycles. The molecule has 0 radical (unpaired) electrons. The van der Waals surface area contributed by atoms with Crippen molar-refractivity contribution in [1.82, 2.24) is 0 Å². The van der Waals surface area contributed by atoms with E-state index in [9.17, 15) is 30.0 Å². The lowest BCUT2D eigenvalue weighted by Crippen LogP contribution is -2.65. The van der Waals surface area contributed by atoms with Crippen molar-refractivity contribution in [3.63, 3.8) is 0 Å². The van der Waals surface area contributed by atoms with E-state index < -0.39 is 40.2 Å². The van der Waals surface area contributed by atoms with Gasteiger partial charge in [-0.05, 0) is 104 Å². The lowest BCUT2D eigenvalue weighted by molar-refractivity contribution is -0.229. The van der Waals surface area contributed by atoms with E-state index >= 15 is 0 Å². The number of hydrogen-bond donors (Lipinski definition) is 4. The Morgan fingerprint density at radius 3 is 2.11 bits per heavy atom. The number of aliphatic hydroxyl groups excluding tert-OH is 2. The molecule has 0 bridgehead atoms. The average Bonchev–Trinajstić information content (AvgIpc) is 3.27. The summed E-state index contributed by atoms with van der Waals surface area (Å²) in [7, 11) is 0. The van der Waals surface area contributed by atoms with Crippen molar-refractivity contribution in [3.8, 4) is 0 Å². The number of allylic oxidation sites excluding steroid dienone is 1. The lowest BCUT2D eigenvalue weighted by atomic mass is 9.34. The van der Waals surface area contributed by atoms with Gasteiger partial charge in [-0.2, -0.15) is 0 Å². The van der Waals surface area contributed by atoms with Crippen LogP contribution < -0.4 is 0 Å². The molecule has 5 rings (SSSR count). The van der Waals surface area contributed by atoms with E-state index in [0.29, 0.717) is 6.42 Å². The normalized spacial score (nSPS) is 55.7. The van der Waals surface area contributed by atoms with Gasteiger partial charge < -0.3 is 20.4 Å². The van der Waals surface area contributed by atoms with Crippen molar-refractivity contribution >= 4 is 11.9 Å². The Bertz CT molecular complexity index is 992. The van der Waals surface area contributed by atoms with Gasteiger partial charge in [0.05, 0.1) is 24.0 Å². The molecule has 0 aromatic heterocycles. The molecule has 0 aromatic rings. The number of carboxylic acids is 2. The maximum atomic E-state index is 12.8. The second-order valence-corrected chi connectivity index (χ2v) is 14.4. The van der Waals surface area contributed by atoms with Crippen LogP contribution in [0.1, 0.15) is 86.0 Å². The summed E-state index contributed by atoms with van der Waals surface area (Å²) < 4.78 is 0. The van der Waals surface area contributed by atoms with E-state index in [0.717, 1.165) is 50.5 Å². The molecule has 0 aromatic carbocycles. The van der Waals surface area contributed by atoms with Gasteiger partial charge in [0.1, 0.15) is 0 Å². The number of aliphatic carboxylic acids is 2. The minimum absolute atomic E-state index is 0.0688. The Hall–Kier alpha value is -1.40. The van der Waals surface area contributed by atoms with Crippen LogP contribution >= 0.6 is 0 Å². The van der Waals surface area contributed by atoms with Crippen LogP contribution in [-0.4, -0.2) is 45.1 Å². The fourth-order valence-electron chi connectivity index (χ4n) is 11.8. The molecule has 4 N–H and O–H groups in total. The molecule has 5 fully saturated rings. The number of carbonyl (C=O) groups is 2. The van der Waals surface area contributed by atoms with E-state index in [4.69, 9.17) is 0 Å². The molecule has 202 valence electrons. The first-order chi connectivity index (χ1) is 16.7. The summed E-state index contributed by atoms with van der Waals surface area (Å²) in [6.07, 6.45) is 5.47. The minimum atomic E-state index is -1.09. The fourth-order valence-corrected chi connectivity index (χ4v) is 11.8. The van der Waals surface area contributed by atoms with Crippen LogP contribution in [-0.2, 0) is 9.59 Å². The third-order valence-corrected chi connectivity index (χ3v) is 13.7. The Morgan fingerprint density at radius 2 is 1.56 bits per heavy atom. The summed E-state index contributed by atoms with van der Waals surface area (Å²) in [5.41, 5.74) is -1.33. The molecule has 0 amide bonds. The summed E-state index contributed by atoms with van der Waals surface area (Å²) in [4.78, 5) is 25.5. The molecule has 5 saturated carbocycles. The van der Waals surface area contributed by atoms with Crippen molar-refractivity contribution in [2.24, 2.45) is 62.6 Å². The summed E-state index contributed by atoms with van der Waals surface area (Å²) in [6.45, 7) is 14.8. The summed E-state index contributed by atoms with van der Waals surface area (Å²) in [5.74, 6) is -1.96. The van der Waals surface area contributed by atoms with Crippen LogP contribution in [0.25, 0.3) is 0 Å². The Labute approximate surface area is 215 Å². The van der Waals surface area contributed by atoms with Crippen LogP contribution in [0.3, 0.4) is 0 Å². The first-order valence-electron chi connectivity index (χ1n) is 14.1. The van der Waals surface area contributed by atoms with Crippen molar-refractivity contribution in [3.05, 3.63) is 12.2 Å². The minimum Gasteiger partial charge on any atom is -0.481 e. The molecule has 0 heterocycles. The van der Waals surface area contributed by atoms with Gasteiger partial charge in [-0.3, -0.25) is 9.59 Å². The maximum Gasteiger partial charge on any atom is 0.309 e. The molecule has 36 heavy (non-hydrogen) atoms. The van der Waals surface area contributed by atoms with Gasteiger partial charge in [-0.25, -0.2) is 0 Å². The van der Waals surface area contributed by atoms with Crippen LogP contribution in [0.2, 0.25) is 0 Å². The molecule has 6 heteroatoms. The monoisotopic (exact) mass is 502 g/mol. The Balaban J connectivity index is 1.62. The van der Waals surface area contributed by atoms with Gasteiger partial charge in [-0.15, -0.1) is 0 Å². The van der Waals surface area contributed by atoms with Gasteiger partial charge in [0.15, 0.2) is 0 Å². The molecule has 6 nitrogen and oxygen atoms in total. The second kappa shape index (κ2) is 7.81. The molecular weight excluding hydrogens is 456 g/mol. The standard InChI is InChI=1S/C30H46O6/c1-16(2)17-9-12-30(25(35)36)14-13-27(4)18(21(17)30)7-8-20-28(27,5)11-10-19-26(3,15-31)23(32)22(24(33)34)29(19,20)6/h17-23,31-32H,1,7-15H2,2-6H3,(H,33,34)(H,35,36). The molecule has 0 aliphatic heterocycles. The predicted octanol–water partition coefficient (Wildman–Crippen LogP) is 4.98. The Kier molecular flexibility index (Phi) is 5.69. The van der Waals surface area contributed by atoms with Crippen molar-refractivity contribution in [2.75, 3.05) is 6.61 Å². The molecule has 12 atom stereocenters. The van der Waals surface area contributed by atoms with Crippen molar-refractivity contribution in [2.45, 2.75) is 92.1 Å². The molecule has 0 spiro atoms. The molecule has 0 saturated heterocycles.